The molecule has 0 saturated carbocycles. The molecule has 3 aromatic rings. The summed E-state index contributed by atoms with van der Waals surface area (Å²) in [7, 11) is -2.08. The summed E-state index contributed by atoms with van der Waals surface area (Å²) in [6.45, 7) is 0.694. The van der Waals surface area contributed by atoms with Crippen LogP contribution in [-0.2, 0) is 21.2 Å². The first-order chi connectivity index (χ1) is 14.3. The van der Waals surface area contributed by atoms with Gasteiger partial charge in [-0.2, -0.15) is 16.8 Å². The summed E-state index contributed by atoms with van der Waals surface area (Å²) in [5.41, 5.74) is 0.954. The van der Waals surface area contributed by atoms with Crippen LogP contribution in [0.2, 0.25) is 5.02 Å². The topological polar surface area (TPSA) is 77.7 Å². The molecule has 1 heterocycles. The molecular weight excluding hydrogens is 464 g/mol. The molecule has 1 aromatic heterocycles. The molecule has 30 heavy (non-hydrogen) atoms. The van der Waals surface area contributed by atoms with E-state index in [2.05, 4.69) is 4.99 Å². The normalized spacial score (nSPS) is 12.4. The van der Waals surface area contributed by atoms with Gasteiger partial charge >= 0.3 is 0 Å². The molecule has 0 unspecified atom stereocenters. The summed E-state index contributed by atoms with van der Waals surface area (Å²) in [5, 5.41) is 0.615. The van der Waals surface area contributed by atoms with Gasteiger partial charge in [0, 0.05) is 23.7 Å². The van der Waals surface area contributed by atoms with Gasteiger partial charge in [0.1, 0.15) is 5.75 Å². The summed E-state index contributed by atoms with van der Waals surface area (Å²) >= 11 is 9.15. The Labute approximate surface area is 188 Å². The molecule has 0 radical (unpaired) electrons. The van der Waals surface area contributed by atoms with Crippen molar-refractivity contribution in [3.63, 3.8) is 0 Å². The summed E-state index contributed by atoms with van der Waals surface area (Å²) < 4.78 is 33.0. The van der Waals surface area contributed by atoms with E-state index in [0.29, 0.717) is 22.1 Å². The Balaban J connectivity index is 1.82. The number of hydrogen-bond donors (Lipinski definition) is 0. The Kier molecular flexibility index (Phi) is 7.62. The lowest BCUT2D eigenvalue weighted by Crippen LogP contribution is -2.19. The number of thioether (sulfide) groups is 1. The highest BCUT2D eigenvalue weighted by atomic mass is 35.5. The number of aromatic nitrogens is 1. The van der Waals surface area contributed by atoms with Gasteiger partial charge in [0.05, 0.1) is 28.0 Å². The predicted octanol–water partition coefficient (Wildman–Crippen LogP) is 4.02. The third kappa shape index (κ3) is 5.46. The highest BCUT2D eigenvalue weighted by Gasteiger charge is 2.17. The van der Waals surface area contributed by atoms with Gasteiger partial charge in [-0.1, -0.05) is 22.9 Å². The Morgan fingerprint density at radius 3 is 2.63 bits per heavy atom. The number of sulfone groups is 1. The first-order valence-corrected chi connectivity index (χ1v) is 13.3. The second kappa shape index (κ2) is 10.00. The molecule has 0 bridgehead atoms. The maximum atomic E-state index is 12.5. The molecule has 6 nitrogen and oxygen atoms in total. The molecule has 0 spiro atoms. The van der Waals surface area contributed by atoms with Crippen LogP contribution in [0.15, 0.2) is 52.4 Å². The monoisotopic (exact) mass is 484 g/mol. The van der Waals surface area contributed by atoms with Gasteiger partial charge in [-0.3, -0.25) is 4.79 Å². The van der Waals surface area contributed by atoms with Crippen molar-refractivity contribution in [3.8, 4) is 5.75 Å². The Bertz CT molecular complexity index is 1220. The van der Waals surface area contributed by atoms with Crippen molar-refractivity contribution in [2.45, 2.75) is 17.9 Å². The van der Waals surface area contributed by atoms with E-state index in [0.717, 1.165) is 16.0 Å². The van der Waals surface area contributed by atoms with Crippen LogP contribution in [0.4, 0.5) is 0 Å². The minimum Gasteiger partial charge on any atom is -0.497 e. The molecule has 2 aromatic carbocycles. The molecule has 0 saturated heterocycles. The summed E-state index contributed by atoms with van der Waals surface area (Å²) in [6, 6.07) is 11.7. The molecule has 0 aliphatic rings. The van der Waals surface area contributed by atoms with E-state index in [1.807, 2.05) is 23.0 Å². The second-order valence-electron chi connectivity index (χ2n) is 6.39. The van der Waals surface area contributed by atoms with Crippen LogP contribution in [0.5, 0.6) is 5.75 Å². The number of hydrogen-bond acceptors (Lipinski definition) is 6. The molecule has 0 atom stereocenters. The van der Waals surface area contributed by atoms with Crippen molar-refractivity contribution in [2.75, 3.05) is 24.9 Å². The molecule has 0 aliphatic heterocycles. The SMILES string of the molecule is COc1ccc(S(=O)(=O)CCC(=O)N=c2sc3cc(Cl)ccc3n2CCSC)cc1. The number of halogens is 1. The lowest BCUT2D eigenvalue weighted by atomic mass is 10.3. The number of nitrogens with zero attached hydrogens (tertiary/aromatic N) is 2. The van der Waals surface area contributed by atoms with E-state index in [-0.39, 0.29) is 17.1 Å². The van der Waals surface area contributed by atoms with Crippen LogP contribution in [-0.4, -0.2) is 43.8 Å². The second-order valence-corrected chi connectivity index (χ2v) is 10.9. The minimum absolute atomic E-state index is 0.155. The van der Waals surface area contributed by atoms with E-state index >= 15 is 0 Å². The average Bonchev–Trinajstić information content (AvgIpc) is 3.06. The lowest BCUT2D eigenvalue weighted by Gasteiger charge is -2.05. The molecule has 3 rings (SSSR count). The van der Waals surface area contributed by atoms with Gasteiger partial charge in [-0.25, -0.2) is 8.42 Å². The maximum absolute atomic E-state index is 12.5. The van der Waals surface area contributed by atoms with Crippen molar-refractivity contribution in [1.29, 1.82) is 0 Å². The van der Waals surface area contributed by atoms with Gasteiger partial charge in [0.25, 0.3) is 0 Å². The standard InChI is InChI=1S/C20H21ClN2O4S3/c1-27-15-4-6-16(7-5-15)30(25,26)12-9-19(24)22-20-23(10-11-28-2)17-8-3-14(21)13-18(17)29-20/h3-8,13H,9-12H2,1-2H3. The number of methoxy groups -OCH3 is 1. The van der Waals surface area contributed by atoms with Gasteiger partial charge in [0.15, 0.2) is 14.6 Å². The Morgan fingerprint density at radius 1 is 1.23 bits per heavy atom. The fourth-order valence-corrected chi connectivity index (χ4v) is 5.76. The van der Waals surface area contributed by atoms with Crippen LogP contribution in [0.25, 0.3) is 10.2 Å². The molecular formula is C20H21ClN2O4S3. The zero-order valence-corrected chi connectivity index (χ0v) is 19.7. The average molecular weight is 485 g/mol. The number of carbonyl (C=O) groups excluding carboxylic acids is 1. The van der Waals surface area contributed by atoms with Crippen LogP contribution in [0.1, 0.15) is 6.42 Å². The third-order valence-electron chi connectivity index (χ3n) is 4.39. The molecule has 10 heteroatoms. The number of thiazole rings is 1. The largest absolute Gasteiger partial charge is 0.497 e. The number of aryl methyl sites for hydroxylation is 1. The number of fused-ring (bicyclic) bond motifs is 1. The number of ether oxygens (including phenoxy) is 1. The molecule has 0 fully saturated rings. The summed E-state index contributed by atoms with van der Waals surface area (Å²) in [4.78, 5) is 17.4. The van der Waals surface area contributed by atoms with Crippen LogP contribution >= 0.6 is 34.7 Å². The van der Waals surface area contributed by atoms with Gasteiger partial charge in [-0.05, 0) is 48.7 Å². The van der Waals surface area contributed by atoms with Gasteiger partial charge < -0.3 is 9.30 Å². The van der Waals surface area contributed by atoms with Crippen molar-refractivity contribution >= 4 is 60.7 Å². The molecule has 1 amide bonds. The molecule has 0 aliphatic carbocycles. The van der Waals surface area contributed by atoms with Crippen LogP contribution in [0.3, 0.4) is 0 Å². The number of carbonyl (C=O) groups is 1. The Morgan fingerprint density at radius 2 is 1.97 bits per heavy atom. The summed E-state index contributed by atoms with van der Waals surface area (Å²) in [6.07, 6.45) is 1.82. The van der Waals surface area contributed by atoms with Crippen molar-refractivity contribution in [1.82, 2.24) is 4.57 Å². The zero-order chi connectivity index (χ0) is 21.7. The number of amides is 1. The highest BCUT2D eigenvalue weighted by Crippen LogP contribution is 2.22. The van der Waals surface area contributed by atoms with E-state index in [9.17, 15) is 13.2 Å². The quantitative estimate of drug-likeness (QED) is 0.482. The first-order valence-electron chi connectivity index (χ1n) is 9.06. The third-order valence-corrected chi connectivity index (χ3v) is 7.99. The van der Waals surface area contributed by atoms with Crippen LogP contribution < -0.4 is 9.54 Å². The number of rotatable bonds is 8. The number of benzene rings is 2. The predicted molar refractivity (Wildman–Crippen MR) is 123 cm³/mol. The van der Waals surface area contributed by atoms with Gasteiger partial charge in [-0.15, -0.1) is 0 Å². The molecule has 0 N–H and O–H groups in total. The fourth-order valence-electron chi connectivity index (χ4n) is 2.82. The summed E-state index contributed by atoms with van der Waals surface area (Å²) in [5.74, 6) is 0.660. The highest BCUT2D eigenvalue weighted by molar-refractivity contribution is 7.98. The molecule has 160 valence electrons. The van der Waals surface area contributed by atoms with E-state index in [1.54, 1.807) is 30.0 Å². The minimum atomic E-state index is -3.59. The fraction of sp³-hybridized carbons (Fsp3) is 0.300. The maximum Gasteiger partial charge on any atom is 0.249 e. The smallest absolute Gasteiger partial charge is 0.249 e. The van der Waals surface area contributed by atoms with Crippen LogP contribution in [0, 0.1) is 0 Å². The van der Waals surface area contributed by atoms with Crippen molar-refractivity contribution in [3.05, 3.63) is 52.3 Å². The van der Waals surface area contributed by atoms with E-state index in [1.165, 1.54) is 30.6 Å². The van der Waals surface area contributed by atoms with Crippen molar-refractivity contribution in [2.24, 2.45) is 4.99 Å². The Hall–Kier alpha value is -1.81. The lowest BCUT2D eigenvalue weighted by molar-refractivity contribution is -0.117. The van der Waals surface area contributed by atoms with Crippen molar-refractivity contribution < 1.29 is 17.9 Å². The van der Waals surface area contributed by atoms with E-state index in [4.69, 9.17) is 16.3 Å². The van der Waals surface area contributed by atoms with E-state index < -0.39 is 15.7 Å². The van der Waals surface area contributed by atoms with Gasteiger partial charge in [0.2, 0.25) is 5.91 Å². The first kappa shape index (κ1) is 22.9. The zero-order valence-electron chi connectivity index (χ0n) is 16.5.